The minimum absolute atomic E-state index is 0.0183. The molecule has 0 saturated heterocycles. The van der Waals surface area contributed by atoms with Gasteiger partial charge in [-0.2, -0.15) is 0 Å². The molecule has 388 valence electrons. The van der Waals surface area contributed by atoms with Gasteiger partial charge in [0.1, 0.15) is 0 Å². The number of unbranched alkanes of at least 4 members (excludes halogenated alkanes) is 45. The maximum Gasteiger partial charge on any atom is 0.305 e. The van der Waals surface area contributed by atoms with Crippen molar-refractivity contribution in [2.45, 2.75) is 353 Å². The van der Waals surface area contributed by atoms with Crippen molar-refractivity contribution in [1.82, 2.24) is 5.32 Å². The van der Waals surface area contributed by atoms with Crippen molar-refractivity contribution in [1.29, 1.82) is 0 Å². The second-order valence-corrected chi connectivity index (χ2v) is 20.7. The lowest BCUT2D eigenvalue weighted by Gasteiger charge is -2.22. The molecule has 0 saturated carbocycles. The lowest BCUT2D eigenvalue weighted by molar-refractivity contribution is -0.143. The Kier molecular flexibility index (Phi) is 54.5. The van der Waals surface area contributed by atoms with Crippen LogP contribution in [0.5, 0.6) is 0 Å². The molecule has 0 aromatic heterocycles. The molecule has 2 unspecified atom stereocenters. The predicted octanol–water partition coefficient (Wildman–Crippen LogP) is 18.3. The molecule has 0 spiro atoms. The lowest BCUT2D eigenvalue weighted by atomic mass is 10.0. The van der Waals surface area contributed by atoms with Gasteiger partial charge in [-0.05, 0) is 25.7 Å². The van der Waals surface area contributed by atoms with E-state index in [2.05, 4.69) is 19.2 Å². The Labute approximate surface area is 406 Å². The van der Waals surface area contributed by atoms with E-state index in [9.17, 15) is 19.8 Å². The SMILES string of the molecule is CCCCCCCCCCCCCC(=O)OCCCCCCCCCCCCCCCCCCCCCCCCCCCCCC(=O)NC(CO)C(O)CCCCCCCCCCCC. The van der Waals surface area contributed by atoms with Crippen molar-refractivity contribution >= 4 is 11.9 Å². The van der Waals surface area contributed by atoms with Crippen LogP contribution in [0.4, 0.5) is 0 Å². The van der Waals surface area contributed by atoms with Gasteiger partial charge in [-0.15, -0.1) is 0 Å². The molecule has 0 aliphatic carbocycles. The Bertz CT molecular complexity index is 928. The first-order chi connectivity index (χ1) is 32.0. The summed E-state index contributed by atoms with van der Waals surface area (Å²) < 4.78 is 5.47. The molecular weight excluding hydrogens is 803 g/mol. The Hall–Kier alpha value is -1.14. The van der Waals surface area contributed by atoms with E-state index < -0.39 is 12.1 Å². The van der Waals surface area contributed by atoms with Crippen LogP contribution in [-0.4, -0.2) is 47.4 Å². The fraction of sp³-hybridized carbons (Fsp3) is 0.966. The minimum atomic E-state index is -0.659. The number of aliphatic hydroxyl groups excluding tert-OH is 2. The molecule has 3 N–H and O–H groups in total. The Balaban J connectivity index is 3.31. The third kappa shape index (κ3) is 52.1. The fourth-order valence-electron chi connectivity index (χ4n) is 9.58. The normalized spacial score (nSPS) is 12.5. The molecule has 0 bridgehead atoms. The van der Waals surface area contributed by atoms with Gasteiger partial charge >= 0.3 is 5.97 Å². The summed E-state index contributed by atoms with van der Waals surface area (Å²) in [6.45, 7) is 4.96. The molecule has 0 aliphatic rings. The van der Waals surface area contributed by atoms with Gasteiger partial charge in [-0.25, -0.2) is 0 Å². The first-order valence-electron chi connectivity index (χ1n) is 29.8. The van der Waals surface area contributed by atoms with Gasteiger partial charge in [-0.3, -0.25) is 9.59 Å². The highest BCUT2D eigenvalue weighted by Gasteiger charge is 2.20. The van der Waals surface area contributed by atoms with Gasteiger partial charge in [0.15, 0.2) is 0 Å². The van der Waals surface area contributed by atoms with E-state index in [4.69, 9.17) is 4.74 Å². The van der Waals surface area contributed by atoms with Crippen LogP contribution in [0.25, 0.3) is 0 Å². The number of carbonyl (C=O) groups excluding carboxylic acids is 2. The van der Waals surface area contributed by atoms with Crippen LogP contribution in [0.15, 0.2) is 0 Å². The molecular formula is C59H117NO5. The molecule has 0 fully saturated rings. The number of esters is 1. The van der Waals surface area contributed by atoms with Crippen LogP contribution in [-0.2, 0) is 14.3 Å². The Morgan fingerprint density at radius 3 is 0.938 bits per heavy atom. The first-order valence-corrected chi connectivity index (χ1v) is 29.8. The number of rotatable bonds is 56. The Morgan fingerprint density at radius 2 is 0.631 bits per heavy atom. The van der Waals surface area contributed by atoms with Crippen LogP contribution in [0.3, 0.4) is 0 Å². The molecule has 0 rings (SSSR count). The fourth-order valence-corrected chi connectivity index (χ4v) is 9.58. The molecule has 65 heavy (non-hydrogen) atoms. The van der Waals surface area contributed by atoms with Crippen molar-refractivity contribution in [3.63, 3.8) is 0 Å². The Morgan fingerprint density at radius 1 is 0.369 bits per heavy atom. The average molecular weight is 921 g/mol. The van der Waals surface area contributed by atoms with Crippen LogP contribution in [0.1, 0.15) is 341 Å². The third-order valence-electron chi connectivity index (χ3n) is 14.2. The topological polar surface area (TPSA) is 95.9 Å². The van der Waals surface area contributed by atoms with E-state index in [1.807, 2.05) is 0 Å². The van der Waals surface area contributed by atoms with Crippen molar-refractivity contribution in [3.8, 4) is 0 Å². The van der Waals surface area contributed by atoms with Crippen molar-refractivity contribution in [2.75, 3.05) is 13.2 Å². The summed E-state index contributed by atoms with van der Waals surface area (Å²) in [5, 5.41) is 23.1. The molecule has 6 nitrogen and oxygen atoms in total. The van der Waals surface area contributed by atoms with Gasteiger partial charge in [-0.1, -0.05) is 303 Å². The van der Waals surface area contributed by atoms with Crippen LogP contribution < -0.4 is 5.32 Å². The van der Waals surface area contributed by atoms with Crippen LogP contribution in [0, 0.1) is 0 Å². The zero-order valence-electron chi connectivity index (χ0n) is 44.3. The summed E-state index contributed by atoms with van der Waals surface area (Å²) in [4.78, 5) is 24.4. The van der Waals surface area contributed by atoms with Gasteiger partial charge in [0.2, 0.25) is 5.91 Å². The summed E-state index contributed by atoms with van der Waals surface area (Å²) in [5.74, 6) is -0.0138. The van der Waals surface area contributed by atoms with Crippen molar-refractivity contribution in [3.05, 3.63) is 0 Å². The molecule has 2 atom stereocenters. The summed E-state index contributed by atoms with van der Waals surface area (Å²) in [6.07, 6.45) is 64.1. The molecule has 0 aliphatic heterocycles. The second kappa shape index (κ2) is 55.5. The largest absolute Gasteiger partial charge is 0.466 e. The lowest BCUT2D eigenvalue weighted by Crippen LogP contribution is -2.45. The van der Waals surface area contributed by atoms with Crippen molar-refractivity contribution in [2.24, 2.45) is 0 Å². The predicted molar refractivity (Wildman–Crippen MR) is 283 cm³/mol. The quantitative estimate of drug-likeness (QED) is 0.0417. The van der Waals surface area contributed by atoms with Crippen molar-refractivity contribution < 1.29 is 24.5 Å². The van der Waals surface area contributed by atoms with Gasteiger partial charge < -0.3 is 20.3 Å². The summed E-state index contributed by atoms with van der Waals surface area (Å²) in [5.41, 5.74) is 0. The highest BCUT2D eigenvalue weighted by Crippen LogP contribution is 2.18. The van der Waals surface area contributed by atoms with E-state index >= 15 is 0 Å². The second-order valence-electron chi connectivity index (χ2n) is 20.7. The minimum Gasteiger partial charge on any atom is -0.466 e. The molecule has 1 amide bonds. The summed E-state index contributed by atoms with van der Waals surface area (Å²) in [6, 6.07) is -0.536. The average Bonchev–Trinajstić information content (AvgIpc) is 3.31. The smallest absolute Gasteiger partial charge is 0.305 e. The number of ether oxygens (including phenoxy) is 1. The van der Waals surface area contributed by atoms with E-state index in [0.29, 0.717) is 25.9 Å². The third-order valence-corrected chi connectivity index (χ3v) is 14.2. The number of carbonyl (C=O) groups is 2. The molecule has 6 heteroatoms. The molecule has 0 aromatic carbocycles. The monoisotopic (exact) mass is 920 g/mol. The highest BCUT2D eigenvalue weighted by atomic mass is 16.5. The van der Waals surface area contributed by atoms with E-state index in [1.54, 1.807) is 0 Å². The van der Waals surface area contributed by atoms with Crippen LogP contribution in [0.2, 0.25) is 0 Å². The van der Waals surface area contributed by atoms with Gasteiger partial charge in [0.05, 0.1) is 25.4 Å². The number of aliphatic hydroxyl groups is 2. The van der Waals surface area contributed by atoms with E-state index in [1.165, 1.54) is 270 Å². The maximum atomic E-state index is 12.4. The highest BCUT2D eigenvalue weighted by molar-refractivity contribution is 5.76. The summed E-state index contributed by atoms with van der Waals surface area (Å²) >= 11 is 0. The molecule has 0 radical (unpaired) electrons. The number of hydrogen-bond acceptors (Lipinski definition) is 5. The van der Waals surface area contributed by atoms with Crippen LogP contribution >= 0.6 is 0 Å². The molecule has 0 aromatic rings. The standard InChI is InChI=1S/C59H117NO5/c1-3-5-7-9-11-13-32-37-41-45-49-53-59(64)65-54-50-46-42-38-34-31-29-27-25-23-21-19-17-15-16-18-20-22-24-26-28-30-33-36-40-44-48-52-58(63)60-56(55-61)57(62)51-47-43-39-35-14-12-10-8-6-4-2/h56-57,61-62H,3-55H2,1-2H3,(H,60,63). The maximum absolute atomic E-state index is 12.4. The number of nitrogens with one attached hydrogen (secondary N) is 1. The zero-order chi connectivity index (χ0) is 47.2. The zero-order valence-corrected chi connectivity index (χ0v) is 44.3. The summed E-state index contributed by atoms with van der Waals surface area (Å²) in [7, 11) is 0. The van der Waals surface area contributed by atoms with E-state index in [0.717, 1.165) is 38.5 Å². The molecule has 0 heterocycles. The van der Waals surface area contributed by atoms with Gasteiger partial charge in [0, 0.05) is 12.8 Å². The van der Waals surface area contributed by atoms with Gasteiger partial charge in [0.25, 0.3) is 0 Å². The first kappa shape index (κ1) is 63.9. The number of amides is 1. The van der Waals surface area contributed by atoms with E-state index in [-0.39, 0.29) is 18.5 Å². The number of hydrogen-bond donors (Lipinski definition) is 3.